The number of fused-ring (bicyclic) bond motifs is 1. The highest BCUT2D eigenvalue weighted by atomic mass is 35.5. The Morgan fingerprint density at radius 2 is 1.90 bits per heavy atom. The fourth-order valence-corrected chi connectivity index (χ4v) is 5.03. The number of hydrogen-bond donors (Lipinski definition) is 1. The SMILES string of the molecule is Cn1ccc2c(Nc3ccc(Cl)cc3Cl)ncc(C(=O)N3CCS(=O)(=O)CC3)c21. The molecule has 1 aliphatic rings. The van der Waals surface area contributed by atoms with Gasteiger partial charge in [-0.25, -0.2) is 13.4 Å². The average molecular weight is 453 g/mol. The van der Waals surface area contributed by atoms with Gasteiger partial charge in [-0.3, -0.25) is 4.79 Å². The van der Waals surface area contributed by atoms with Crippen LogP contribution < -0.4 is 5.32 Å². The van der Waals surface area contributed by atoms with Gasteiger partial charge in [0, 0.05) is 42.9 Å². The Kier molecular flexibility index (Phi) is 5.18. The van der Waals surface area contributed by atoms with E-state index in [0.717, 1.165) is 5.39 Å². The first kappa shape index (κ1) is 20.0. The van der Waals surface area contributed by atoms with Crippen molar-refractivity contribution in [2.24, 2.45) is 7.05 Å². The number of rotatable bonds is 3. The Balaban J connectivity index is 1.70. The maximum Gasteiger partial charge on any atom is 0.257 e. The zero-order valence-electron chi connectivity index (χ0n) is 15.5. The lowest BCUT2D eigenvalue weighted by Gasteiger charge is -2.27. The van der Waals surface area contributed by atoms with E-state index in [2.05, 4.69) is 10.3 Å². The number of aromatic nitrogens is 2. The second kappa shape index (κ2) is 7.51. The van der Waals surface area contributed by atoms with E-state index < -0.39 is 9.84 Å². The minimum absolute atomic E-state index is 0.0167. The molecule has 2 aromatic heterocycles. The molecule has 29 heavy (non-hydrogen) atoms. The summed E-state index contributed by atoms with van der Waals surface area (Å²) < 4.78 is 25.2. The van der Waals surface area contributed by atoms with Crippen LogP contribution in [0.1, 0.15) is 10.4 Å². The van der Waals surface area contributed by atoms with Crippen LogP contribution in [0.15, 0.2) is 36.7 Å². The molecule has 1 N–H and O–H groups in total. The van der Waals surface area contributed by atoms with Crippen molar-refractivity contribution in [1.82, 2.24) is 14.5 Å². The highest BCUT2D eigenvalue weighted by molar-refractivity contribution is 7.91. The number of carbonyl (C=O) groups is 1. The topological polar surface area (TPSA) is 84.3 Å². The lowest BCUT2D eigenvalue weighted by Crippen LogP contribution is -2.43. The van der Waals surface area contributed by atoms with Crippen LogP contribution in [-0.2, 0) is 16.9 Å². The monoisotopic (exact) mass is 452 g/mol. The number of pyridine rings is 1. The zero-order chi connectivity index (χ0) is 20.8. The summed E-state index contributed by atoms with van der Waals surface area (Å²) >= 11 is 12.2. The molecule has 0 bridgehead atoms. The molecule has 0 aliphatic carbocycles. The van der Waals surface area contributed by atoms with Crippen LogP contribution in [0.25, 0.3) is 10.9 Å². The highest BCUT2D eigenvalue weighted by Gasteiger charge is 2.28. The van der Waals surface area contributed by atoms with Crippen LogP contribution in [0, 0.1) is 0 Å². The Hall–Kier alpha value is -2.29. The maximum atomic E-state index is 13.1. The van der Waals surface area contributed by atoms with Crippen LogP contribution in [-0.4, -0.2) is 53.4 Å². The number of benzene rings is 1. The third kappa shape index (κ3) is 3.92. The number of carbonyl (C=O) groups excluding carboxylic acids is 1. The number of halogens is 2. The van der Waals surface area contributed by atoms with Crippen LogP contribution in [0.5, 0.6) is 0 Å². The van der Waals surface area contributed by atoms with E-state index in [1.54, 1.807) is 23.1 Å². The lowest BCUT2D eigenvalue weighted by molar-refractivity contribution is 0.0771. The normalized spacial score (nSPS) is 16.2. The molecule has 10 heteroatoms. The van der Waals surface area contributed by atoms with Crippen molar-refractivity contribution in [3.05, 3.63) is 52.3 Å². The number of aryl methyl sites for hydroxylation is 1. The number of anilines is 2. The Morgan fingerprint density at radius 1 is 1.17 bits per heavy atom. The van der Waals surface area contributed by atoms with Crippen molar-refractivity contribution in [2.75, 3.05) is 29.9 Å². The van der Waals surface area contributed by atoms with Crippen molar-refractivity contribution in [2.45, 2.75) is 0 Å². The maximum absolute atomic E-state index is 13.1. The molecule has 1 amide bonds. The van der Waals surface area contributed by atoms with Crippen LogP contribution >= 0.6 is 23.2 Å². The van der Waals surface area contributed by atoms with Gasteiger partial charge in [0.15, 0.2) is 9.84 Å². The van der Waals surface area contributed by atoms with Gasteiger partial charge in [0.1, 0.15) is 5.82 Å². The summed E-state index contributed by atoms with van der Waals surface area (Å²) in [6, 6.07) is 6.98. The molecule has 1 aliphatic heterocycles. The fourth-order valence-electron chi connectivity index (χ4n) is 3.38. The first-order valence-electron chi connectivity index (χ1n) is 8.91. The molecule has 0 saturated carbocycles. The largest absolute Gasteiger partial charge is 0.350 e. The van der Waals surface area contributed by atoms with Crippen molar-refractivity contribution in [3.8, 4) is 0 Å². The van der Waals surface area contributed by atoms with E-state index in [9.17, 15) is 13.2 Å². The fraction of sp³-hybridized carbons (Fsp3) is 0.263. The summed E-state index contributed by atoms with van der Waals surface area (Å²) in [6.45, 7) is 0.376. The quantitative estimate of drug-likeness (QED) is 0.657. The van der Waals surface area contributed by atoms with Gasteiger partial charge in [-0.2, -0.15) is 0 Å². The van der Waals surface area contributed by atoms with Crippen LogP contribution in [0.4, 0.5) is 11.5 Å². The molecular weight excluding hydrogens is 435 g/mol. The second-order valence-corrected chi connectivity index (χ2v) is 10.0. The highest BCUT2D eigenvalue weighted by Crippen LogP contribution is 2.32. The first-order chi connectivity index (χ1) is 13.7. The van der Waals surface area contributed by atoms with Gasteiger partial charge in [-0.15, -0.1) is 0 Å². The van der Waals surface area contributed by atoms with Gasteiger partial charge in [0.05, 0.1) is 33.3 Å². The van der Waals surface area contributed by atoms with Crippen molar-refractivity contribution in [1.29, 1.82) is 0 Å². The van der Waals surface area contributed by atoms with E-state index >= 15 is 0 Å². The number of sulfone groups is 1. The van der Waals surface area contributed by atoms with Gasteiger partial charge < -0.3 is 14.8 Å². The minimum Gasteiger partial charge on any atom is -0.350 e. The van der Waals surface area contributed by atoms with Crippen molar-refractivity contribution >= 4 is 61.4 Å². The summed E-state index contributed by atoms with van der Waals surface area (Å²) in [4.78, 5) is 19.1. The average Bonchev–Trinajstić information content (AvgIpc) is 3.06. The molecule has 1 aromatic carbocycles. The van der Waals surface area contributed by atoms with E-state index in [1.807, 2.05) is 23.9 Å². The molecule has 152 valence electrons. The van der Waals surface area contributed by atoms with E-state index in [-0.39, 0.29) is 30.5 Å². The smallest absolute Gasteiger partial charge is 0.257 e. The Labute approximate surface area is 178 Å². The van der Waals surface area contributed by atoms with E-state index in [1.165, 1.54) is 6.20 Å². The van der Waals surface area contributed by atoms with Crippen molar-refractivity contribution in [3.63, 3.8) is 0 Å². The van der Waals surface area contributed by atoms with Gasteiger partial charge in [-0.1, -0.05) is 23.2 Å². The zero-order valence-corrected chi connectivity index (χ0v) is 17.9. The minimum atomic E-state index is -3.07. The van der Waals surface area contributed by atoms with E-state index in [0.29, 0.717) is 32.6 Å². The van der Waals surface area contributed by atoms with Gasteiger partial charge in [-0.05, 0) is 24.3 Å². The molecule has 3 aromatic rings. The molecule has 7 nitrogen and oxygen atoms in total. The second-order valence-electron chi connectivity index (χ2n) is 6.90. The van der Waals surface area contributed by atoms with Crippen LogP contribution in [0.2, 0.25) is 10.0 Å². The van der Waals surface area contributed by atoms with Gasteiger partial charge >= 0.3 is 0 Å². The molecule has 0 spiro atoms. The van der Waals surface area contributed by atoms with Gasteiger partial charge in [0.2, 0.25) is 0 Å². The number of amides is 1. The number of hydrogen-bond acceptors (Lipinski definition) is 5. The molecule has 1 fully saturated rings. The standard InChI is InChI=1S/C19H18Cl2N4O3S/c1-24-5-4-13-17(24)14(19(26)25-6-8-29(27,28)9-7-25)11-22-18(13)23-16-3-2-12(20)10-15(16)21/h2-5,10-11H,6-9H2,1H3,(H,22,23). The summed E-state index contributed by atoms with van der Waals surface area (Å²) in [5.74, 6) is 0.298. The molecule has 0 atom stereocenters. The Morgan fingerprint density at radius 3 is 2.59 bits per heavy atom. The molecule has 1 saturated heterocycles. The third-order valence-electron chi connectivity index (χ3n) is 4.95. The molecular formula is C19H18Cl2N4O3S. The summed E-state index contributed by atoms with van der Waals surface area (Å²) in [5, 5.41) is 4.94. The molecule has 3 heterocycles. The first-order valence-corrected chi connectivity index (χ1v) is 11.5. The predicted octanol–water partition coefficient (Wildman–Crippen LogP) is 3.49. The molecule has 0 unspecified atom stereocenters. The number of nitrogens with zero attached hydrogens (tertiary/aromatic N) is 3. The summed E-state index contributed by atoms with van der Waals surface area (Å²) in [5.41, 5.74) is 1.79. The third-order valence-corrected chi connectivity index (χ3v) is 7.11. The van der Waals surface area contributed by atoms with Crippen molar-refractivity contribution < 1.29 is 13.2 Å². The summed E-state index contributed by atoms with van der Waals surface area (Å²) in [7, 11) is -1.22. The van der Waals surface area contributed by atoms with Gasteiger partial charge in [0.25, 0.3) is 5.91 Å². The lowest BCUT2D eigenvalue weighted by atomic mass is 10.1. The molecule has 0 radical (unpaired) electrons. The predicted molar refractivity (Wildman–Crippen MR) is 115 cm³/mol. The van der Waals surface area contributed by atoms with Crippen LogP contribution in [0.3, 0.4) is 0 Å². The molecule has 4 rings (SSSR count). The summed E-state index contributed by atoms with van der Waals surface area (Å²) in [6.07, 6.45) is 3.36. The Bertz CT molecular complexity index is 1210. The van der Waals surface area contributed by atoms with E-state index in [4.69, 9.17) is 23.2 Å². The number of nitrogens with one attached hydrogen (secondary N) is 1.